The van der Waals surface area contributed by atoms with Crippen molar-refractivity contribution in [2.24, 2.45) is 0 Å². The fraction of sp³-hybridized carbons (Fsp3) is 0.478. The predicted molar refractivity (Wildman–Crippen MR) is 123 cm³/mol. The van der Waals surface area contributed by atoms with Crippen molar-refractivity contribution in [3.05, 3.63) is 29.3 Å². The second-order valence-electron chi connectivity index (χ2n) is 9.68. The summed E-state index contributed by atoms with van der Waals surface area (Å²) in [5, 5.41) is 2.28. The van der Waals surface area contributed by atoms with Crippen LogP contribution in [-0.4, -0.2) is 63.7 Å². The van der Waals surface area contributed by atoms with Gasteiger partial charge >= 0.3 is 12.3 Å². The number of piperazine rings is 1. The standard InChI is InChI=1S/C23H23F3N4O4S/c1-22(2,3)34-21(32)30-12-4-5-13(30)11-29(10-12)20-28-16-14(18(31)23(24,25)26)6-7-15(17(16)33-20)19-27-8-9-35-19/h6-9,12-13H,4-5,10-11H2,1-3H3. The molecule has 2 bridgehead atoms. The molecule has 2 aliphatic heterocycles. The Kier molecular flexibility index (Phi) is 5.53. The molecule has 0 aliphatic carbocycles. The van der Waals surface area contributed by atoms with E-state index in [1.165, 1.54) is 17.4 Å². The molecule has 3 aromatic rings. The monoisotopic (exact) mass is 508 g/mol. The quantitative estimate of drug-likeness (QED) is 0.445. The van der Waals surface area contributed by atoms with Gasteiger partial charge in [0, 0.05) is 24.7 Å². The third-order valence-electron chi connectivity index (χ3n) is 6.05. The summed E-state index contributed by atoms with van der Waals surface area (Å²) in [6.45, 7) is 6.19. The van der Waals surface area contributed by atoms with Gasteiger partial charge in [-0.15, -0.1) is 11.3 Å². The molecule has 1 amide bonds. The summed E-state index contributed by atoms with van der Waals surface area (Å²) < 4.78 is 51.4. The molecule has 186 valence electrons. The molecule has 1 aromatic carbocycles. The highest BCUT2D eigenvalue weighted by Crippen LogP contribution is 2.39. The molecule has 12 heteroatoms. The summed E-state index contributed by atoms with van der Waals surface area (Å²) in [5.41, 5.74) is -0.813. The molecule has 5 rings (SSSR count). The minimum absolute atomic E-state index is 0.0759. The molecule has 2 aliphatic rings. The van der Waals surface area contributed by atoms with Crippen molar-refractivity contribution in [3.8, 4) is 10.6 Å². The number of hydrogen-bond acceptors (Lipinski definition) is 8. The zero-order valence-electron chi connectivity index (χ0n) is 19.3. The van der Waals surface area contributed by atoms with E-state index >= 15 is 0 Å². The van der Waals surface area contributed by atoms with Crippen LogP contribution in [0.3, 0.4) is 0 Å². The van der Waals surface area contributed by atoms with Crippen LogP contribution in [0.1, 0.15) is 44.0 Å². The maximum Gasteiger partial charge on any atom is 0.454 e. The highest BCUT2D eigenvalue weighted by Gasteiger charge is 2.46. The zero-order valence-corrected chi connectivity index (χ0v) is 20.1. The third-order valence-corrected chi connectivity index (χ3v) is 6.86. The zero-order chi connectivity index (χ0) is 25.1. The van der Waals surface area contributed by atoms with Crippen molar-refractivity contribution in [3.63, 3.8) is 0 Å². The fourth-order valence-electron chi connectivity index (χ4n) is 4.66. The molecule has 35 heavy (non-hydrogen) atoms. The summed E-state index contributed by atoms with van der Waals surface area (Å²) in [6.07, 6.45) is -2.32. The molecule has 0 radical (unpaired) electrons. The molecule has 2 fully saturated rings. The number of benzene rings is 1. The predicted octanol–water partition coefficient (Wildman–Crippen LogP) is 5.28. The number of aromatic nitrogens is 2. The van der Waals surface area contributed by atoms with Gasteiger partial charge in [-0.25, -0.2) is 9.78 Å². The Labute approximate surface area is 202 Å². The first-order valence-electron chi connectivity index (χ1n) is 11.1. The molecule has 2 aromatic heterocycles. The second kappa shape index (κ2) is 8.21. The van der Waals surface area contributed by atoms with Gasteiger partial charge in [-0.2, -0.15) is 18.2 Å². The number of carbonyl (C=O) groups is 2. The van der Waals surface area contributed by atoms with Crippen molar-refractivity contribution in [1.29, 1.82) is 0 Å². The van der Waals surface area contributed by atoms with E-state index in [1.807, 2.05) is 4.90 Å². The number of amides is 1. The lowest BCUT2D eigenvalue weighted by Crippen LogP contribution is -2.56. The first kappa shape index (κ1) is 23.6. The third kappa shape index (κ3) is 4.35. The van der Waals surface area contributed by atoms with Gasteiger partial charge in [0.1, 0.15) is 16.1 Å². The van der Waals surface area contributed by atoms with E-state index in [4.69, 9.17) is 9.15 Å². The highest BCUT2D eigenvalue weighted by molar-refractivity contribution is 7.13. The summed E-state index contributed by atoms with van der Waals surface area (Å²) in [4.78, 5) is 37.0. The first-order valence-corrected chi connectivity index (χ1v) is 12.0. The van der Waals surface area contributed by atoms with E-state index in [0.717, 1.165) is 18.9 Å². The van der Waals surface area contributed by atoms with Crippen LogP contribution in [0.2, 0.25) is 0 Å². The summed E-state index contributed by atoms with van der Waals surface area (Å²) >= 11 is 1.30. The number of alkyl halides is 3. The lowest BCUT2D eigenvalue weighted by atomic mass is 10.1. The van der Waals surface area contributed by atoms with E-state index in [0.29, 0.717) is 23.7 Å². The van der Waals surface area contributed by atoms with Gasteiger partial charge in [-0.05, 0) is 45.7 Å². The molecule has 0 N–H and O–H groups in total. The van der Waals surface area contributed by atoms with Crippen molar-refractivity contribution < 1.29 is 31.9 Å². The summed E-state index contributed by atoms with van der Waals surface area (Å²) in [7, 11) is 0. The van der Waals surface area contributed by atoms with Crippen LogP contribution in [0, 0.1) is 0 Å². The van der Waals surface area contributed by atoms with Gasteiger partial charge in [0.2, 0.25) is 0 Å². The number of anilines is 1. The van der Waals surface area contributed by atoms with Crippen LogP contribution in [0.25, 0.3) is 21.7 Å². The van der Waals surface area contributed by atoms with Gasteiger partial charge in [0.05, 0.1) is 23.2 Å². The first-order chi connectivity index (χ1) is 16.4. The molecular weight excluding hydrogens is 485 g/mol. The highest BCUT2D eigenvalue weighted by atomic mass is 32.1. The topological polar surface area (TPSA) is 88.8 Å². The van der Waals surface area contributed by atoms with Crippen LogP contribution in [0.4, 0.5) is 24.0 Å². The van der Waals surface area contributed by atoms with Crippen molar-refractivity contribution in [1.82, 2.24) is 14.9 Å². The summed E-state index contributed by atoms with van der Waals surface area (Å²) in [6, 6.07) is 2.34. The Morgan fingerprint density at radius 2 is 1.83 bits per heavy atom. The number of ketones is 1. The Hall–Kier alpha value is -3.15. The molecule has 2 unspecified atom stereocenters. The van der Waals surface area contributed by atoms with Gasteiger partial charge in [-0.1, -0.05) is 0 Å². The van der Waals surface area contributed by atoms with Gasteiger partial charge in [0.15, 0.2) is 5.58 Å². The minimum Gasteiger partial charge on any atom is -0.444 e. The van der Waals surface area contributed by atoms with Gasteiger partial charge < -0.3 is 14.1 Å². The normalized spacial score (nSPS) is 20.5. The van der Waals surface area contributed by atoms with E-state index in [-0.39, 0.29) is 35.3 Å². The Morgan fingerprint density at radius 3 is 2.40 bits per heavy atom. The lowest BCUT2D eigenvalue weighted by Gasteiger charge is -2.40. The van der Waals surface area contributed by atoms with Gasteiger partial charge in [-0.3, -0.25) is 9.69 Å². The number of fused-ring (bicyclic) bond motifs is 3. The lowest BCUT2D eigenvalue weighted by molar-refractivity contribution is -0.0884. The number of nitrogens with zero attached hydrogens (tertiary/aromatic N) is 4. The number of Topliss-reactive ketones (excluding diaryl/α,β-unsaturated/α-hetero) is 1. The minimum atomic E-state index is -5.05. The van der Waals surface area contributed by atoms with Crippen LogP contribution in [0.5, 0.6) is 0 Å². The van der Waals surface area contributed by atoms with E-state index in [1.54, 1.807) is 37.2 Å². The molecule has 8 nitrogen and oxygen atoms in total. The number of halogens is 3. The summed E-state index contributed by atoms with van der Waals surface area (Å²) in [5.74, 6) is -1.98. The van der Waals surface area contributed by atoms with E-state index in [2.05, 4.69) is 9.97 Å². The molecule has 0 spiro atoms. The van der Waals surface area contributed by atoms with Gasteiger partial charge in [0.25, 0.3) is 11.8 Å². The number of thiazole rings is 1. The van der Waals surface area contributed by atoms with Crippen LogP contribution in [0.15, 0.2) is 28.1 Å². The maximum absolute atomic E-state index is 13.3. The fourth-order valence-corrected chi connectivity index (χ4v) is 5.32. The molecule has 0 saturated carbocycles. The maximum atomic E-state index is 13.3. The number of ether oxygens (including phenoxy) is 1. The number of rotatable bonds is 3. The number of hydrogen-bond donors (Lipinski definition) is 0. The van der Waals surface area contributed by atoms with E-state index in [9.17, 15) is 22.8 Å². The average molecular weight is 509 g/mol. The van der Waals surface area contributed by atoms with Crippen LogP contribution >= 0.6 is 11.3 Å². The molecule has 2 atom stereocenters. The Morgan fingerprint density at radius 1 is 1.14 bits per heavy atom. The van der Waals surface area contributed by atoms with Crippen molar-refractivity contribution in [2.75, 3.05) is 18.0 Å². The SMILES string of the molecule is CC(C)(C)OC(=O)N1C2CCC1CN(c1nc3c(C(=O)C(F)(F)F)ccc(-c4nccs4)c3o1)C2. The smallest absolute Gasteiger partial charge is 0.444 e. The van der Waals surface area contributed by atoms with Crippen molar-refractivity contribution in [2.45, 2.75) is 57.5 Å². The number of oxazole rings is 1. The Balaban J connectivity index is 1.51. The second-order valence-corrected chi connectivity index (χ2v) is 10.6. The largest absolute Gasteiger partial charge is 0.454 e. The Bertz CT molecular complexity index is 1270. The average Bonchev–Trinajstić information content (AvgIpc) is 3.49. The van der Waals surface area contributed by atoms with Crippen molar-refractivity contribution >= 4 is 40.3 Å². The van der Waals surface area contributed by atoms with E-state index < -0.39 is 23.1 Å². The number of carbonyl (C=O) groups excluding carboxylic acids is 2. The molecule has 2 saturated heterocycles. The molecule has 4 heterocycles. The molecular formula is C23H23F3N4O4S. The van der Waals surface area contributed by atoms with Crippen LogP contribution < -0.4 is 4.90 Å². The van der Waals surface area contributed by atoms with Crippen LogP contribution in [-0.2, 0) is 4.74 Å².